The van der Waals surface area contributed by atoms with Gasteiger partial charge in [0.05, 0.1) is 19.3 Å². The second-order valence-electron chi connectivity index (χ2n) is 12.4. The summed E-state index contributed by atoms with van der Waals surface area (Å²) in [4.78, 5) is 26.7. The standard InChI is InChI=1S/C30H41F2N5O4Si/c1-30(2,3)42(4,5)40-17-16-36-15-14-26(35-36)34-29(39)25(18-21-10-7-6-8-11-21)37-27(38)19-22(20-33-37)41-28-23(31)12-9-13-24(28)32/h9,12-15,19-21,25H,6-8,10-11,16-18H2,1-5H3,(H,34,35,39). The van der Waals surface area contributed by atoms with Crippen LogP contribution in [0, 0.1) is 17.6 Å². The summed E-state index contributed by atoms with van der Waals surface area (Å²) < 4.78 is 42.5. The van der Waals surface area contributed by atoms with Gasteiger partial charge in [0.15, 0.2) is 37.3 Å². The fourth-order valence-electron chi connectivity index (χ4n) is 4.82. The number of para-hydroxylation sites is 1. The van der Waals surface area contributed by atoms with Crippen molar-refractivity contribution in [2.24, 2.45) is 5.92 Å². The van der Waals surface area contributed by atoms with E-state index < -0.39 is 43.2 Å². The van der Waals surface area contributed by atoms with Crippen LogP contribution in [-0.2, 0) is 15.8 Å². The number of nitrogens with one attached hydrogen (secondary N) is 1. The van der Waals surface area contributed by atoms with E-state index in [1.165, 1.54) is 12.3 Å². The SMILES string of the molecule is CC(C)(C)[Si](C)(C)OCCn1ccc(NC(=O)C(CC2CCCCC2)n2ncc(Oc3c(F)cccc3F)cc2=O)n1. The first-order valence-corrected chi connectivity index (χ1v) is 17.4. The van der Waals surface area contributed by atoms with Gasteiger partial charge in [-0.15, -0.1) is 0 Å². The highest BCUT2D eigenvalue weighted by molar-refractivity contribution is 6.74. The Bertz CT molecular complexity index is 1410. The van der Waals surface area contributed by atoms with Crippen molar-refractivity contribution in [3.05, 3.63) is 64.7 Å². The Morgan fingerprint density at radius 2 is 1.83 bits per heavy atom. The zero-order chi connectivity index (χ0) is 30.5. The molecule has 0 aliphatic heterocycles. The van der Waals surface area contributed by atoms with E-state index in [4.69, 9.17) is 9.16 Å². The summed E-state index contributed by atoms with van der Waals surface area (Å²) in [5.74, 6) is -2.35. The third kappa shape index (κ3) is 7.91. The minimum atomic E-state index is -1.89. The molecule has 9 nitrogen and oxygen atoms in total. The summed E-state index contributed by atoms with van der Waals surface area (Å²) in [6, 6.07) is 5.22. The second kappa shape index (κ2) is 13.3. The number of rotatable bonds is 11. The molecule has 1 saturated carbocycles. The van der Waals surface area contributed by atoms with Gasteiger partial charge in [-0.25, -0.2) is 13.5 Å². The van der Waals surface area contributed by atoms with Crippen LogP contribution in [0.3, 0.4) is 0 Å². The summed E-state index contributed by atoms with van der Waals surface area (Å²) in [5, 5.41) is 11.6. The second-order valence-corrected chi connectivity index (χ2v) is 17.3. The number of ether oxygens (including phenoxy) is 1. The number of hydrogen-bond donors (Lipinski definition) is 1. The zero-order valence-electron chi connectivity index (χ0n) is 25.0. The summed E-state index contributed by atoms with van der Waals surface area (Å²) >= 11 is 0. The first-order valence-electron chi connectivity index (χ1n) is 14.5. The Balaban J connectivity index is 1.48. The lowest BCUT2D eigenvalue weighted by molar-refractivity contribution is -0.120. The molecule has 1 amide bonds. The zero-order valence-corrected chi connectivity index (χ0v) is 26.0. The normalized spacial score (nSPS) is 15.4. The molecule has 0 radical (unpaired) electrons. The Hall–Kier alpha value is -3.38. The van der Waals surface area contributed by atoms with Crippen LogP contribution in [0.2, 0.25) is 18.1 Å². The molecule has 2 aromatic heterocycles. The number of carbonyl (C=O) groups excluding carboxylic acids is 1. The van der Waals surface area contributed by atoms with Crippen molar-refractivity contribution in [1.29, 1.82) is 0 Å². The van der Waals surface area contributed by atoms with E-state index in [0.717, 1.165) is 55.0 Å². The third-order valence-electron chi connectivity index (χ3n) is 8.30. The van der Waals surface area contributed by atoms with Gasteiger partial charge in [0.1, 0.15) is 6.04 Å². The molecule has 0 saturated heterocycles. The van der Waals surface area contributed by atoms with E-state index in [9.17, 15) is 18.4 Å². The average molecular weight is 602 g/mol. The highest BCUT2D eigenvalue weighted by atomic mass is 28.4. The molecule has 1 unspecified atom stereocenters. The van der Waals surface area contributed by atoms with Crippen molar-refractivity contribution in [2.45, 2.75) is 90.0 Å². The fraction of sp³-hybridized carbons (Fsp3) is 0.533. The molecule has 3 aromatic rings. The van der Waals surface area contributed by atoms with Gasteiger partial charge in [-0.3, -0.25) is 14.3 Å². The monoisotopic (exact) mass is 601 g/mol. The lowest BCUT2D eigenvalue weighted by atomic mass is 9.84. The predicted octanol–water partition coefficient (Wildman–Crippen LogP) is 6.68. The smallest absolute Gasteiger partial charge is 0.271 e. The van der Waals surface area contributed by atoms with Crippen molar-refractivity contribution in [2.75, 3.05) is 11.9 Å². The third-order valence-corrected chi connectivity index (χ3v) is 12.8. The van der Waals surface area contributed by atoms with E-state index in [-0.39, 0.29) is 16.7 Å². The summed E-state index contributed by atoms with van der Waals surface area (Å²) in [6.45, 7) is 12.0. The van der Waals surface area contributed by atoms with Crippen LogP contribution >= 0.6 is 0 Å². The van der Waals surface area contributed by atoms with Crippen molar-refractivity contribution in [3.63, 3.8) is 0 Å². The molecule has 1 N–H and O–H groups in total. The van der Waals surface area contributed by atoms with Gasteiger partial charge in [-0.05, 0) is 42.6 Å². The van der Waals surface area contributed by atoms with Gasteiger partial charge in [0.25, 0.3) is 11.5 Å². The number of hydrogen-bond acceptors (Lipinski definition) is 6. The molecule has 1 aliphatic rings. The quantitative estimate of drug-likeness (QED) is 0.246. The lowest BCUT2D eigenvalue weighted by Crippen LogP contribution is -2.41. The highest BCUT2D eigenvalue weighted by Crippen LogP contribution is 2.36. The molecule has 1 aromatic carbocycles. The van der Waals surface area contributed by atoms with Crippen molar-refractivity contribution in [3.8, 4) is 11.5 Å². The van der Waals surface area contributed by atoms with Gasteiger partial charge >= 0.3 is 0 Å². The molecule has 1 fully saturated rings. The van der Waals surface area contributed by atoms with Gasteiger partial charge in [0.2, 0.25) is 0 Å². The van der Waals surface area contributed by atoms with E-state index in [2.05, 4.69) is 49.4 Å². The van der Waals surface area contributed by atoms with E-state index in [0.29, 0.717) is 25.4 Å². The first-order chi connectivity index (χ1) is 19.8. The Kier molecular flexibility index (Phi) is 9.98. The van der Waals surface area contributed by atoms with Crippen LogP contribution in [0.5, 0.6) is 11.5 Å². The molecule has 0 bridgehead atoms. The average Bonchev–Trinajstić information content (AvgIpc) is 3.36. The predicted molar refractivity (Wildman–Crippen MR) is 159 cm³/mol. The number of benzene rings is 1. The number of halogens is 2. The maximum atomic E-state index is 14.1. The Morgan fingerprint density at radius 1 is 1.14 bits per heavy atom. The van der Waals surface area contributed by atoms with Gasteiger partial charge in [-0.1, -0.05) is 58.9 Å². The highest BCUT2D eigenvalue weighted by Gasteiger charge is 2.37. The minimum absolute atomic E-state index is 0.105. The van der Waals surface area contributed by atoms with Gasteiger partial charge in [-0.2, -0.15) is 10.2 Å². The molecule has 12 heteroatoms. The molecule has 2 heterocycles. The summed E-state index contributed by atoms with van der Waals surface area (Å²) in [7, 11) is -1.89. The van der Waals surface area contributed by atoms with E-state index in [1.807, 2.05) is 0 Å². The van der Waals surface area contributed by atoms with Gasteiger partial charge in [0, 0.05) is 18.3 Å². The number of aromatic nitrogens is 4. The molecule has 228 valence electrons. The molecule has 1 aliphatic carbocycles. The summed E-state index contributed by atoms with van der Waals surface area (Å²) in [6.07, 6.45) is 8.63. The molecule has 0 spiro atoms. The van der Waals surface area contributed by atoms with Crippen LogP contribution in [0.25, 0.3) is 0 Å². The van der Waals surface area contributed by atoms with Crippen molar-refractivity contribution < 1.29 is 22.7 Å². The van der Waals surface area contributed by atoms with Crippen molar-refractivity contribution in [1.82, 2.24) is 19.6 Å². The Morgan fingerprint density at radius 3 is 2.48 bits per heavy atom. The van der Waals surface area contributed by atoms with Crippen LogP contribution in [0.15, 0.2) is 47.5 Å². The van der Waals surface area contributed by atoms with Crippen LogP contribution in [0.1, 0.15) is 65.3 Å². The largest absolute Gasteiger partial charge is 0.449 e. The maximum absolute atomic E-state index is 14.1. The molecule has 1 atom stereocenters. The minimum Gasteiger partial charge on any atom is -0.449 e. The molecule has 42 heavy (non-hydrogen) atoms. The lowest BCUT2D eigenvalue weighted by Gasteiger charge is -2.36. The molecule has 4 rings (SSSR count). The van der Waals surface area contributed by atoms with Crippen LogP contribution in [-0.4, -0.2) is 40.4 Å². The molecular formula is C30H41F2N5O4Si. The number of carbonyl (C=O) groups is 1. The number of nitrogens with zero attached hydrogens (tertiary/aromatic N) is 4. The van der Waals surface area contributed by atoms with Crippen LogP contribution in [0.4, 0.5) is 14.6 Å². The maximum Gasteiger partial charge on any atom is 0.271 e. The van der Waals surface area contributed by atoms with Gasteiger partial charge < -0.3 is 14.5 Å². The number of amides is 1. The van der Waals surface area contributed by atoms with Crippen LogP contribution < -0.4 is 15.6 Å². The fourth-order valence-corrected chi connectivity index (χ4v) is 5.85. The summed E-state index contributed by atoms with van der Waals surface area (Å²) in [5.41, 5.74) is -0.617. The Labute approximate surface area is 246 Å². The van der Waals surface area contributed by atoms with E-state index in [1.54, 1.807) is 16.9 Å². The number of anilines is 1. The van der Waals surface area contributed by atoms with E-state index >= 15 is 0 Å². The first kappa shape index (κ1) is 31.6. The van der Waals surface area contributed by atoms with Crippen molar-refractivity contribution >= 4 is 20.0 Å². The molecular weight excluding hydrogens is 560 g/mol. The topological polar surface area (TPSA) is 100 Å².